The normalized spacial score (nSPS) is 12.9. The van der Waals surface area contributed by atoms with E-state index in [1.54, 1.807) is 55.7 Å². The Balaban J connectivity index is 1.47. The van der Waals surface area contributed by atoms with Crippen LogP contribution in [0.25, 0.3) is 6.08 Å². The SMILES string of the molecule is COc1ccc(/C=C/C(=O)OCC(=O)Nc2ccc3c(c2)OCCCO3)cc1. The molecular formula is C21H21NO6. The van der Waals surface area contributed by atoms with Crippen molar-refractivity contribution in [2.24, 2.45) is 0 Å². The molecule has 1 N–H and O–H groups in total. The second kappa shape index (κ2) is 9.45. The highest BCUT2D eigenvalue weighted by Gasteiger charge is 2.12. The summed E-state index contributed by atoms with van der Waals surface area (Å²) in [4.78, 5) is 23.8. The number of nitrogens with one attached hydrogen (secondary N) is 1. The molecule has 28 heavy (non-hydrogen) atoms. The third kappa shape index (κ3) is 5.51. The Bertz CT molecular complexity index is 860. The number of esters is 1. The molecule has 146 valence electrons. The molecule has 0 aromatic heterocycles. The van der Waals surface area contributed by atoms with Crippen LogP contribution in [0, 0.1) is 0 Å². The second-order valence-electron chi connectivity index (χ2n) is 5.97. The Morgan fingerprint density at radius 3 is 2.57 bits per heavy atom. The molecule has 0 saturated heterocycles. The number of hydrogen-bond donors (Lipinski definition) is 1. The number of fused-ring (bicyclic) bond motifs is 1. The number of ether oxygens (including phenoxy) is 4. The van der Waals surface area contributed by atoms with E-state index in [0.717, 1.165) is 17.7 Å². The molecule has 2 aromatic carbocycles. The van der Waals surface area contributed by atoms with E-state index in [9.17, 15) is 9.59 Å². The highest BCUT2D eigenvalue weighted by Crippen LogP contribution is 2.32. The van der Waals surface area contributed by atoms with Crippen molar-refractivity contribution < 1.29 is 28.5 Å². The fourth-order valence-corrected chi connectivity index (χ4v) is 2.50. The predicted molar refractivity (Wildman–Crippen MR) is 104 cm³/mol. The summed E-state index contributed by atoms with van der Waals surface area (Å²) in [6.07, 6.45) is 3.67. The topological polar surface area (TPSA) is 83.1 Å². The van der Waals surface area contributed by atoms with Gasteiger partial charge in [-0.1, -0.05) is 12.1 Å². The van der Waals surface area contributed by atoms with Crippen LogP contribution in [0.5, 0.6) is 17.2 Å². The molecule has 0 bridgehead atoms. The minimum atomic E-state index is -0.607. The van der Waals surface area contributed by atoms with Crippen LogP contribution >= 0.6 is 0 Å². The third-order valence-corrected chi connectivity index (χ3v) is 3.90. The molecule has 3 rings (SSSR count). The first-order chi connectivity index (χ1) is 13.6. The van der Waals surface area contributed by atoms with Gasteiger partial charge < -0.3 is 24.3 Å². The summed E-state index contributed by atoms with van der Waals surface area (Å²) in [5.74, 6) is 0.900. The quantitative estimate of drug-likeness (QED) is 0.610. The zero-order chi connectivity index (χ0) is 19.8. The minimum absolute atomic E-state index is 0.389. The molecular weight excluding hydrogens is 362 g/mol. The largest absolute Gasteiger partial charge is 0.497 e. The molecule has 7 nitrogen and oxygen atoms in total. The Morgan fingerprint density at radius 1 is 1.07 bits per heavy atom. The zero-order valence-corrected chi connectivity index (χ0v) is 15.5. The number of carbonyl (C=O) groups is 2. The molecule has 0 saturated carbocycles. The summed E-state index contributed by atoms with van der Waals surface area (Å²) in [6, 6.07) is 12.3. The maximum Gasteiger partial charge on any atom is 0.331 e. The Labute approximate surface area is 162 Å². The van der Waals surface area contributed by atoms with Gasteiger partial charge in [0.25, 0.3) is 5.91 Å². The van der Waals surface area contributed by atoms with E-state index in [1.165, 1.54) is 6.08 Å². The van der Waals surface area contributed by atoms with Gasteiger partial charge in [0.2, 0.25) is 0 Å². The number of amides is 1. The molecule has 1 heterocycles. The van der Waals surface area contributed by atoms with E-state index in [0.29, 0.717) is 30.4 Å². The molecule has 1 amide bonds. The van der Waals surface area contributed by atoms with Gasteiger partial charge in [-0.2, -0.15) is 0 Å². The van der Waals surface area contributed by atoms with E-state index < -0.39 is 11.9 Å². The Morgan fingerprint density at radius 2 is 1.82 bits per heavy atom. The van der Waals surface area contributed by atoms with Gasteiger partial charge in [0.1, 0.15) is 5.75 Å². The summed E-state index contributed by atoms with van der Waals surface area (Å²) in [6.45, 7) is 0.765. The van der Waals surface area contributed by atoms with Crippen LogP contribution in [-0.4, -0.2) is 38.8 Å². The summed E-state index contributed by atoms with van der Waals surface area (Å²) in [5.41, 5.74) is 1.36. The number of hydrogen-bond acceptors (Lipinski definition) is 6. The molecule has 1 aliphatic rings. The number of benzene rings is 2. The first-order valence-corrected chi connectivity index (χ1v) is 8.82. The lowest BCUT2D eigenvalue weighted by Crippen LogP contribution is -2.20. The maximum atomic E-state index is 12.0. The monoisotopic (exact) mass is 383 g/mol. The van der Waals surface area contributed by atoms with E-state index in [1.807, 2.05) is 0 Å². The Kier molecular flexibility index (Phi) is 6.51. The molecule has 0 radical (unpaired) electrons. The third-order valence-electron chi connectivity index (χ3n) is 3.90. The lowest BCUT2D eigenvalue weighted by molar-refractivity contribution is -0.142. The smallest absolute Gasteiger partial charge is 0.331 e. The summed E-state index contributed by atoms with van der Waals surface area (Å²) >= 11 is 0. The molecule has 0 atom stereocenters. The molecule has 2 aromatic rings. The summed E-state index contributed by atoms with van der Waals surface area (Å²) in [7, 11) is 1.58. The van der Waals surface area contributed by atoms with Gasteiger partial charge >= 0.3 is 5.97 Å². The van der Waals surface area contributed by atoms with Crippen molar-refractivity contribution in [2.75, 3.05) is 32.2 Å². The van der Waals surface area contributed by atoms with E-state index in [-0.39, 0.29) is 6.61 Å². The van der Waals surface area contributed by atoms with Gasteiger partial charge in [-0.15, -0.1) is 0 Å². The second-order valence-corrected chi connectivity index (χ2v) is 5.97. The molecule has 0 unspecified atom stereocenters. The number of carbonyl (C=O) groups excluding carboxylic acids is 2. The minimum Gasteiger partial charge on any atom is -0.497 e. The summed E-state index contributed by atoms with van der Waals surface area (Å²) in [5, 5.41) is 2.66. The van der Waals surface area contributed by atoms with Crippen molar-refractivity contribution in [3.8, 4) is 17.2 Å². The van der Waals surface area contributed by atoms with Crippen molar-refractivity contribution in [3.05, 3.63) is 54.1 Å². The van der Waals surface area contributed by atoms with Gasteiger partial charge in [0.05, 0.1) is 20.3 Å². The number of methoxy groups -OCH3 is 1. The lowest BCUT2D eigenvalue weighted by Gasteiger charge is -2.10. The molecule has 0 aliphatic carbocycles. The van der Waals surface area contributed by atoms with Crippen molar-refractivity contribution in [2.45, 2.75) is 6.42 Å². The van der Waals surface area contributed by atoms with Crippen LogP contribution in [0.15, 0.2) is 48.5 Å². The Hall–Kier alpha value is -3.48. The average molecular weight is 383 g/mol. The van der Waals surface area contributed by atoms with Gasteiger partial charge in [-0.25, -0.2) is 4.79 Å². The van der Waals surface area contributed by atoms with Crippen LogP contribution in [0.1, 0.15) is 12.0 Å². The molecule has 1 aliphatic heterocycles. The van der Waals surface area contributed by atoms with Crippen LogP contribution < -0.4 is 19.5 Å². The van der Waals surface area contributed by atoms with Crippen LogP contribution in [0.2, 0.25) is 0 Å². The van der Waals surface area contributed by atoms with Crippen LogP contribution in [0.4, 0.5) is 5.69 Å². The van der Waals surface area contributed by atoms with Crippen LogP contribution in [-0.2, 0) is 14.3 Å². The zero-order valence-electron chi connectivity index (χ0n) is 15.5. The van der Waals surface area contributed by atoms with Crippen molar-refractivity contribution in [3.63, 3.8) is 0 Å². The fraction of sp³-hybridized carbons (Fsp3) is 0.238. The molecule has 7 heteroatoms. The maximum absolute atomic E-state index is 12.0. The first kappa shape index (κ1) is 19.3. The van der Waals surface area contributed by atoms with Gasteiger partial charge in [0.15, 0.2) is 18.1 Å². The highest BCUT2D eigenvalue weighted by molar-refractivity contribution is 5.94. The lowest BCUT2D eigenvalue weighted by atomic mass is 10.2. The first-order valence-electron chi connectivity index (χ1n) is 8.82. The van der Waals surface area contributed by atoms with Crippen LogP contribution in [0.3, 0.4) is 0 Å². The number of anilines is 1. The van der Waals surface area contributed by atoms with Gasteiger partial charge in [-0.05, 0) is 35.9 Å². The highest BCUT2D eigenvalue weighted by atomic mass is 16.5. The van der Waals surface area contributed by atoms with E-state index in [2.05, 4.69) is 5.32 Å². The van der Waals surface area contributed by atoms with Crippen molar-refractivity contribution >= 4 is 23.6 Å². The van der Waals surface area contributed by atoms with Crippen molar-refractivity contribution in [1.82, 2.24) is 0 Å². The van der Waals surface area contributed by atoms with Gasteiger partial charge in [-0.3, -0.25) is 4.79 Å². The van der Waals surface area contributed by atoms with E-state index >= 15 is 0 Å². The van der Waals surface area contributed by atoms with E-state index in [4.69, 9.17) is 18.9 Å². The summed E-state index contributed by atoms with van der Waals surface area (Å²) < 4.78 is 21.1. The van der Waals surface area contributed by atoms with Crippen molar-refractivity contribution in [1.29, 1.82) is 0 Å². The average Bonchev–Trinajstić information content (AvgIpc) is 2.96. The van der Waals surface area contributed by atoms with Gasteiger partial charge in [0, 0.05) is 24.3 Å². The fourth-order valence-electron chi connectivity index (χ4n) is 2.50. The molecule has 0 spiro atoms. The predicted octanol–water partition coefficient (Wildman–Crippen LogP) is 3.05. The number of rotatable bonds is 6. The molecule has 0 fully saturated rings. The standard InChI is InChI=1S/C21H21NO6/c1-25-17-7-3-15(4-8-17)5-10-21(24)28-14-20(23)22-16-6-9-18-19(13-16)27-12-2-11-26-18/h3-10,13H,2,11-12,14H2,1H3,(H,22,23)/b10-5+.